The summed E-state index contributed by atoms with van der Waals surface area (Å²) in [6.07, 6.45) is -3.35. The molecule has 0 atom stereocenters. The highest BCUT2D eigenvalue weighted by atomic mass is 19.4. The summed E-state index contributed by atoms with van der Waals surface area (Å²) >= 11 is 0. The van der Waals surface area contributed by atoms with E-state index in [-0.39, 0.29) is 17.8 Å². The number of aromatic nitrogens is 2. The Morgan fingerprint density at radius 3 is 2.57 bits per heavy atom. The van der Waals surface area contributed by atoms with E-state index in [9.17, 15) is 17.6 Å². The minimum atomic E-state index is -4.54. The number of halogens is 4. The first-order valence-electron chi connectivity index (χ1n) is 6.46. The van der Waals surface area contributed by atoms with Crippen LogP contribution < -0.4 is 5.32 Å². The molecule has 114 valence electrons. The van der Waals surface area contributed by atoms with E-state index in [1.54, 1.807) is 6.92 Å². The molecule has 0 spiro atoms. The molecule has 7 heteroatoms. The first-order valence-corrected chi connectivity index (χ1v) is 6.46. The normalized spacial score (nSPS) is 11.9. The van der Waals surface area contributed by atoms with E-state index >= 15 is 0 Å². The van der Waals surface area contributed by atoms with Gasteiger partial charge in [0.1, 0.15) is 5.82 Å². The minimum Gasteiger partial charge on any atom is -0.313 e. The van der Waals surface area contributed by atoms with Crippen molar-refractivity contribution >= 4 is 0 Å². The van der Waals surface area contributed by atoms with Gasteiger partial charge in [-0.05, 0) is 37.2 Å². The predicted molar refractivity (Wildman–Crippen MR) is 70.6 cm³/mol. The number of nitrogens with one attached hydrogen (secondary N) is 1. The summed E-state index contributed by atoms with van der Waals surface area (Å²) in [7, 11) is 0. The molecule has 2 aromatic rings. The molecule has 0 aliphatic heterocycles. The van der Waals surface area contributed by atoms with Gasteiger partial charge in [0.05, 0.1) is 11.9 Å². The SMILES string of the molecule is CCNCc1cnn(-c2ccc(F)cc2C)c1C(F)(F)F. The molecule has 1 aromatic heterocycles. The third kappa shape index (κ3) is 3.24. The summed E-state index contributed by atoms with van der Waals surface area (Å²) in [4.78, 5) is 0. The van der Waals surface area contributed by atoms with Gasteiger partial charge in [-0.3, -0.25) is 0 Å². The van der Waals surface area contributed by atoms with Gasteiger partial charge in [0.25, 0.3) is 0 Å². The van der Waals surface area contributed by atoms with E-state index in [0.29, 0.717) is 12.1 Å². The van der Waals surface area contributed by atoms with Crippen molar-refractivity contribution in [1.82, 2.24) is 15.1 Å². The molecular formula is C14H15F4N3. The van der Waals surface area contributed by atoms with Crippen molar-refractivity contribution < 1.29 is 17.6 Å². The number of nitrogens with zero attached hydrogens (tertiary/aromatic N) is 2. The van der Waals surface area contributed by atoms with Crippen LogP contribution in [0.1, 0.15) is 23.7 Å². The number of alkyl halides is 3. The molecule has 0 bridgehead atoms. The lowest BCUT2D eigenvalue weighted by Gasteiger charge is -2.14. The van der Waals surface area contributed by atoms with Crippen LogP contribution in [-0.2, 0) is 12.7 Å². The van der Waals surface area contributed by atoms with Crippen LogP contribution in [-0.4, -0.2) is 16.3 Å². The van der Waals surface area contributed by atoms with Crippen molar-refractivity contribution in [3.05, 3.63) is 47.0 Å². The van der Waals surface area contributed by atoms with Gasteiger partial charge >= 0.3 is 6.18 Å². The van der Waals surface area contributed by atoms with Gasteiger partial charge < -0.3 is 5.32 Å². The van der Waals surface area contributed by atoms with Gasteiger partial charge in [-0.2, -0.15) is 18.3 Å². The van der Waals surface area contributed by atoms with Gasteiger partial charge in [0.15, 0.2) is 5.69 Å². The van der Waals surface area contributed by atoms with Crippen LogP contribution in [0.4, 0.5) is 17.6 Å². The lowest BCUT2D eigenvalue weighted by molar-refractivity contribution is -0.143. The molecule has 0 amide bonds. The fourth-order valence-corrected chi connectivity index (χ4v) is 2.11. The summed E-state index contributed by atoms with van der Waals surface area (Å²) in [5.74, 6) is -0.496. The molecule has 1 N–H and O–H groups in total. The number of rotatable bonds is 4. The van der Waals surface area contributed by atoms with Crippen LogP contribution >= 0.6 is 0 Å². The Bertz CT molecular complexity index is 632. The smallest absolute Gasteiger partial charge is 0.313 e. The zero-order valence-corrected chi connectivity index (χ0v) is 11.6. The van der Waals surface area contributed by atoms with Crippen LogP contribution in [0.5, 0.6) is 0 Å². The molecule has 21 heavy (non-hydrogen) atoms. The van der Waals surface area contributed by atoms with E-state index in [2.05, 4.69) is 10.4 Å². The van der Waals surface area contributed by atoms with E-state index in [0.717, 1.165) is 10.7 Å². The van der Waals surface area contributed by atoms with Gasteiger partial charge in [-0.1, -0.05) is 6.92 Å². The van der Waals surface area contributed by atoms with Crippen LogP contribution in [0.3, 0.4) is 0 Å². The second-order valence-electron chi connectivity index (χ2n) is 4.64. The fraction of sp³-hybridized carbons (Fsp3) is 0.357. The number of aryl methyl sites for hydroxylation is 1. The summed E-state index contributed by atoms with van der Waals surface area (Å²) in [5, 5.41) is 6.68. The van der Waals surface area contributed by atoms with Crippen molar-refractivity contribution in [2.45, 2.75) is 26.6 Å². The van der Waals surface area contributed by atoms with Gasteiger partial charge in [-0.15, -0.1) is 0 Å². The molecule has 1 heterocycles. The summed E-state index contributed by atoms with van der Waals surface area (Å²) in [6, 6.07) is 3.60. The average molecular weight is 301 g/mol. The van der Waals surface area contributed by atoms with Gasteiger partial charge in [0, 0.05) is 12.1 Å². The Labute approximate surface area is 119 Å². The Balaban J connectivity index is 2.55. The zero-order chi connectivity index (χ0) is 15.6. The molecule has 0 aliphatic carbocycles. The first kappa shape index (κ1) is 15.5. The van der Waals surface area contributed by atoms with Crippen molar-refractivity contribution in [3.63, 3.8) is 0 Å². The van der Waals surface area contributed by atoms with E-state index in [1.807, 2.05) is 6.92 Å². The fourth-order valence-electron chi connectivity index (χ4n) is 2.11. The van der Waals surface area contributed by atoms with Crippen LogP contribution in [0.15, 0.2) is 24.4 Å². The van der Waals surface area contributed by atoms with Crippen molar-refractivity contribution in [1.29, 1.82) is 0 Å². The van der Waals surface area contributed by atoms with E-state index < -0.39 is 17.7 Å². The Kier molecular flexibility index (Phi) is 4.32. The highest BCUT2D eigenvalue weighted by Crippen LogP contribution is 2.34. The third-order valence-corrected chi connectivity index (χ3v) is 3.07. The summed E-state index contributed by atoms with van der Waals surface area (Å²) in [5.41, 5.74) is -0.170. The number of hydrogen-bond acceptors (Lipinski definition) is 2. The maximum Gasteiger partial charge on any atom is 0.433 e. The van der Waals surface area contributed by atoms with Crippen molar-refractivity contribution in [2.24, 2.45) is 0 Å². The Hall–Kier alpha value is -1.89. The largest absolute Gasteiger partial charge is 0.433 e. The Morgan fingerprint density at radius 2 is 2.00 bits per heavy atom. The number of hydrogen-bond donors (Lipinski definition) is 1. The second-order valence-corrected chi connectivity index (χ2v) is 4.64. The molecule has 0 saturated carbocycles. The molecule has 0 saturated heterocycles. The first-order chi connectivity index (χ1) is 9.84. The van der Waals surface area contributed by atoms with Gasteiger partial charge in [0.2, 0.25) is 0 Å². The zero-order valence-electron chi connectivity index (χ0n) is 11.6. The average Bonchev–Trinajstić information content (AvgIpc) is 2.80. The predicted octanol–water partition coefficient (Wildman–Crippen LogP) is 3.45. The molecule has 0 aliphatic rings. The third-order valence-electron chi connectivity index (χ3n) is 3.07. The lowest BCUT2D eigenvalue weighted by Crippen LogP contribution is -2.19. The van der Waals surface area contributed by atoms with E-state index in [4.69, 9.17) is 0 Å². The van der Waals surface area contributed by atoms with E-state index in [1.165, 1.54) is 18.3 Å². The Morgan fingerprint density at radius 1 is 1.29 bits per heavy atom. The molecule has 2 rings (SSSR count). The topological polar surface area (TPSA) is 29.9 Å². The van der Waals surface area contributed by atoms with Crippen molar-refractivity contribution in [3.8, 4) is 5.69 Å². The highest BCUT2D eigenvalue weighted by molar-refractivity contribution is 5.43. The second kappa shape index (κ2) is 5.85. The highest BCUT2D eigenvalue weighted by Gasteiger charge is 2.38. The molecular weight excluding hydrogens is 286 g/mol. The minimum absolute atomic E-state index is 0.0630. The monoisotopic (exact) mass is 301 g/mol. The van der Waals surface area contributed by atoms with Gasteiger partial charge in [-0.25, -0.2) is 9.07 Å². The number of benzene rings is 1. The molecule has 0 radical (unpaired) electrons. The van der Waals surface area contributed by atoms with Crippen molar-refractivity contribution in [2.75, 3.05) is 6.54 Å². The maximum atomic E-state index is 13.3. The standard InChI is InChI=1S/C14H15F4N3/c1-3-19-7-10-8-20-21(13(10)14(16,17)18)12-5-4-11(15)6-9(12)2/h4-6,8,19H,3,7H2,1-2H3. The lowest BCUT2D eigenvalue weighted by atomic mass is 10.1. The summed E-state index contributed by atoms with van der Waals surface area (Å²) < 4.78 is 53.8. The van der Waals surface area contributed by atoms with Crippen LogP contribution in [0.2, 0.25) is 0 Å². The molecule has 1 aromatic carbocycles. The molecule has 0 unspecified atom stereocenters. The summed E-state index contributed by atoms with van der Waals surface area (Å²) in [6.45, 7) is 3.98. The maximum absolute atomic E-state index is 13.3. The molecule has 0 fully saturated rings. The molecule has 3 nitrogen and oxygen atoms in total. The quantitative estimate of drug-likeness (QED) is 0.877. The van der Waals surface area contributed by atoms with Crippen LogP contribution in [0, 0.1) is 12.7 Å². The van der Waals surface area contributed by atoms with Crippen LogP contribution in [0.25, 0.3) is 5.69 Å².